The molecule has 1 aromatic carbocycles. The van der Waals surface area contributed by atoms with Gasteiger partial charge in [0.2, 0.25) is 0 Å². The van der Waals surface area contributed by atoms with Crippen LogP contribution in [0.15, 0.2) is 18.2 Å². The van der Waals surface area contributed by atoms with Gasteiger partial charge in [0.1, 0.15) is 5.69 Å². The molecule has 0 saturated carbocycles. The Bertz CT molecular complexity index is 435. The zero-order valence-corrected chi connectivity index (χ0v) is 12.8. The zero-order chi connectivity index (χ0) is 13.9. The van der Waals surface area contributed by atoms with Gasteiger partial charge >= 0.3 is 0 Å². The molecule has 0 spiro atoms. The summed E-state index contributed by atoms with van der Waals surface area (Å²) in [6.07, 6.45) is 0. The molecule has 0 heterocycles. The van der Waals surface area contributed by atoms with Gasteiger partial charge in [0.25, 0.3) is 5.69 Å². The molecule has 1 unspecified atom stereocenters. The maximum Gasteiger partial charge on any atom is 0.292 e. The number of nitro groups is 1. The maximum atomic E-state index is 11.2. The largest absolute Gasteiger partial charge is 0.366 e. The molecule has 1 aromatic rings. The molecule has 0 saturated heterocycles. The Morgan fingerprint density at radius 1 is 1.39 bits per heavy atom. The number of alkyl halides is 1. The van der Waals surface area contributed by atoms with Crippen molar-refractivity contribution in [3.8, 4) is 0 Å². The van der Waals surface area contributed by atoms with Gasteiger partial charge in [-0.2, -0.15) is 0 Å². The SMILES string of the molecule is CC(C)C(C)N(C)c1ccc(CBr)cc1[N+](=O)[O-]. The van der Waals surface area contributed by atoms with Crippen LogP contribution in [0.25, 0.3) is 0 Å². The van der Waals surface area contributed by atoms with Gasteiger partial charge in [-0.1, -0.05) is 35.8 Å². The highest BCUT2D eigenvalue weighted by molar-refractivity contribution is 9.08. The number of nitrogens with zero attached hydrogens (tertiary/aromatic N) is 2. The summed E-state index contributed by atoms with van der Waals surface area (Å²) in [7, 11) is 1.90. The third-order valence-electron chi connectivity index (χ3n) is 3.35. The number of hydrogen-bond acceptors (Lipinski definition) is 3. The molecule has 4 nitrogen and oxygen atoms in total. The fourth-order valence-corrected chi connectivity index (χ4v) is 2.11. The van der Waals surface area contributed by atoms with Crippen molar-refractivity contribution >= 4 is 27.3 Å². The predicted molar refractivity (Wildman–Crippen MR) is 78.4 cm³/mol. The second-order valence-corrected chi connectivity index (χ2v) is 5.37. The van der Waals surface area contributed by atoms with Crippen LogP contribution in [0.1, 0.15) is 26.3 Å². The summed E-state index contributed by atoms with van der Waals surface area (Å²) in [5.41, 5.74) is 1.75. The molecule has 0 aliphatic heterocycles. The first-order valence-electron chi connectivity index (χ1n) is 5.94. The topological polar surface area (TPSA) is 46.4 Å². The van der Waals surface area contributed by atoms with E-state index in [0.717, 1.165) is 5.56 Å². The van der Waals surface area contributed by atoms with Gasteiger partial charge in [-0.05, 0) is 24.5 Å². The van der Waals surface area contributed by atoms with Gasteiger partial charge < -0.3 is 4.90 Å². The molecule has 5 heteroatoms. The molecule has 18 heavy (non-hydrogen) atoms. The summed E-state index contributed by atoms with van der Waals surface area (Å²) in [6.45, 7) is 6.30. The van der Waals surface area contributed by atoms with E-state index in [1.165, 1.54) is 0 Å². The van der Waals surface area contributed by atoms with E-state index in [-0.39, 0.29) is 16.7 Å². The Labute approximate surface area is 116 Å². The van der Waals surface area contributed by atoms with Crippen molar-refractivity contribution in [2.24, 2.45) is 5.92 Å². The van der Waals surface area contributed by atoms with E-state index in [1.54, 1.807) is 6.07 Å². The molecule has 1 atom stereocenters. The van der Waals surface area contributed by atoms with Crippen LogP contribution in [0, 0.1) is 16.0 Å². The zero-order valence-electron chi connectivity index (χ0n) is 11.2. The predicted octanol–water partition coefficient (Wildman–Crippen LogP) is 3.97. The first-order chi connectivity index (χ1) is 8.38. The molecule has 0 N–H and O–H groups in total. The molecule has 0 fully saturated rings. The van der Waals surface area contributed by atoms with Crippen molar-refractivity contribution in [3.63, 3.8) is 0 Å². The first kappa shape index (κ1) is 15.0. The number of anilines is 1. The summed E-state index contributed by atoms with van der Waals surface area (Å²) in [5.74, 6) is 0.436. The van der Waals surface area contributed by atoms with Crippen LogP contribution in [0.5, 0.6) is 0 Å². The summed E-state index contributed by atoms with van der Waals surface area (Å²) >= 11 is 3.32. The van der Waals surface area contributed by atoms with Crippen LogP contribution in [0.3, 0.4) is 0 Å². The minimum atomic E-state index is -0.314. The van der Waals surface area contributed by atoms with Crippen molar-refractivity contribution in [2.45, 2.75) is 32.1 Å². The Kier molecular flexibility index (Phi) is 5.14. The van der Waals surface area contributed by atoms with Crippen molar-refractivity contribution in [1.29, 1.82) is 0 Å². The molecule has 0 radical (unpaired) electrons. The van der Waals surface area contributed by atoms with Crippen LogP contribution in [0.4, 0.5) is 11.4 Å². The molecule has 100 valence electrons. The normalized spacial score (nSPS) is 12.6. The van der Waals surface area contributed by atoms with Crippen molar-refractivity contribution < 1.29 is 4.92 Å². The van der Waals surface area contributed by atoms with E-state index in [9.17, 15) is 10.1 Å². The van der Waals surface area contributed by atoms with Gasteiger partial charge in [0.15, 0.2) is 0 Å². The number of halogens is 1. The van der Waals surface area contributed by atoms with Gasteiger partial charge in [0, 0.05) is 24.5 Å². The van der Waals surface area contributed by atoms with Crippen molar-refractivity contribution in [2.75, 3.05) is 11.9 Å². The first-order valence-corrected chi connectivity index (χ1v) is 7.06. The van der Waals surface area contributed by atoms with Crippen molar-refractivity contribution in [3.05, 3.63) is 33.9 Å². The molecule has 0 aliphatic carbocycles. The highest BCUT2D eigenvalue weighted by Crippen LogP contribution is 2.31. The minimum Gasteiger partial charge on any atom is -0.366 e. The summed E-state index contributed by atoms with van der Waals surface area (Å²) in [5, 5.41) is 11.8. The summed E-state index contributed by atoms with van der Waals surface area (Å²) in [6, 6.07) is 5.63. The minimum absolute atomic E-state index is 0.168. The summed E-state index contributed by atoms with van der Waals surface area (Å²) in [4.78, 5) is 12.8. The van der Waals surface area contributed by atoms with E-state index in [2.05, 4.69) is 36.7 Å². The fourth-order valence-electron chi connectivity index (χ4n) is 1.76. The average Bonchev–Trinajstić information content (AvgIpc) is 2.35. The highest BCUT2D eigenvalue weighted by Gasteiger charge is 2.22. The number of rotatable bonds is 5. The van der Waals surface area contributed by atoms with Crippen molar-refractivity contribution in [1.82, 2.24) is 0 Å². The fraction of sp³-hybridized carbons (Fsp3) is 0.538. The van der Waals surface area contributed by atoms with Crippen LogP contribution < -0.4 is 4.90 Å². The maximum absolute atomic E-state index is 11.2. The Morgan fingerprint density at radius 3 is 2.44 bits per heavy atom. The van der Waals surface area contributed by atoms with Gasteiger partial charge in [-0.15, -0.1) is 0 Å². The van der Waals surface area contributed by atoms with Crippen LogP contribution in [-0.2, 0) is 5.33 Å². The Balaban J connectivity index is 3.19. The molecular weight excluding hydrogens is 296 g/mol. The number of hydrogen-bond donors (Lipinski definition) is 0. The second kappa shape index (κ2) is 6.18. The molecule has 0 amide bonds. The quantitative estimate of drug-likeness (QED) is 0.469. The second-order valence-electron chi connectivity index (χ2n) is 4.81. The van der Waals surface area contributed by atoms with E-state index >= 15 is 0 Å². The third kappa shape index (κ3) is 3.22. The van der Waals surface area contributed by atoms with Crippen LogP contribution in [-0.4, -0.2) is 18.0 Å². The summed E-state index contributed by atoms with van der Waals surface area (Å²) < 4.78 is 0. The standard InChI is InChI=1S/C13H19BrN2O2/c1-9(2)10(3)15(4)12-6-5-11(8-14)7-13(12)16(17)18/h5-7,9-10H,8H2,1-4H3. The monoisotopic (exact) mass is 314 g/mol. The molecule has 0 aliphatic rings. The van der Waals surface area contributed by atoms with Crippen LogP contribution in [0.2, 0.25) is 0 Å². The Morgan fingerprint density at radius 2 is 2.00 bits per heavy atom. The lowest BCUT2D eigenvalue weighted by Gasteiger charge is -2.29. The van der Waals surface area contributed by atoms with Gasteiger partial charge in [0.05, 0.1) is 4.92 Å². The molecule has 0 bridgehead atoms. The van der Waals surface area contributed by atoms with Gasteiger partial charge in [-0.3, -0.25) is 10.1 Å². The lowest BCUT2D eigenvalue weighted by molar-refractivity contribution is -0.384. The van der Waals surface area contributed by atoms with E-state index in [1.807, 2.05) is 24.1 Å². The van der Waals surface area contributed by atoms with Gasteiger partial charge in [-0.25, -0.2) is 0 Å². The molecule has 1 rings (SSSR count). The molecular formula is C13H19BrN2O2. The highest BCUT2D eigenvalue weighted by atomic mass is 79.9. The average molecular weight is 315 g/mol. The smallest absolute Gasteiger partial charge is 0.292 e. The van der Waals surface area contributed by atoms with E-state index in [4.69, 9.17) is 0 Å². The van der Waals surface area contributed by atoms with E-state index in [0.29, 0.717) is 16.9 Å². The Hall–Kier alpha value is -1.10. The lowest BCUT2D eigenvalue weighted by atomic mass is 10.0. The van der Waals surface area contributed by atoms with E-state index < -0.39 is 0 Å². The lowest BCUT2D eigenvalue weighted by Crippen LogP contribution is -2.33. The molecule has 0 aromatic heterocycles. The number of nitro benzene ring substituents is 1. The third-order valence-corrected chi connectivity index (χ3v) is 3.99. The van der Waals surface area contributed by atoms with Crippen LogP contribution >= 0.6 is 15.9 Å². The number of benzene rings is 1.